The number of hydrogen-bond donors (Lipinski definition) is 0. The van der Waals surface area contributed by atoms with Crippen LogP contribution in [0.1, 0.15) is 37.6 Å². The second-order valence-electron chi connectivity index (χ2n) is 4.87. The molecule has 0 saturated carbocycles. The van der Waals surface area contributed by atoms with E-state index in [0.717, 1.165) is 12.4 Å². The van der Waals surface area contributed by atoms with Gasteiger partial charge in [0.25, 0.3) is 0 Å². The molecule has 0 aromatic carbocycles. The third kappa shape index (κ3) is 4.88. The fourth-order valence-corrected chi connectivity index (χ4v) is 1.83. The van der Waals surface area contributed by atoms with Crippen molar-refractivity contribution in [2.24, 2.45) is 5.92 Å². The molecule has 108 valence electrons. The first-order valence-corrected chi connectivity index (χ1v) is 6.83. The van der Waals surface area contributed by atoms with Crippen molar-refractivity contribution >= 4 is 11.8 Å². The van der Waals surface area contributed by atoms with Crippen LogP contribution in [0.2, 0.25) is 0 Å². The Morgan fingerprint density at radius 3 is 2.75 bits per heavy atom. The Hall–Kier alpha value is -2.09. The minimum Gasteiger partial charge on any atom is -0.462 e. The molecule has 0 amide bonds. The number of pyridine rings is 1. The number of rotatable bonds is 7. The molecule has 0 aliphatic carbocycles. The van der Waals surface area contributed by atoms with Crippen molar-refractivity contribution in [2.45, 2.75) is 27.2 Å². The van der Waals surface area contributed by atoms with Crippen molar-refractivity contribution in [1.29, 1.82) is 5.26 Å². The predicted molar refractivity (Wildman–Crippen MR) is 77.5 cm³/mol. The number of carbonyl (C=O) groups is 1. The molecule has 1 aromatic rings. The molecular weight excluding hydrogens is 254 g/mol. The topological polar surface area (TPSA) is 66.2 Å². The molecule has 0 N–H and O–H groups in total. The van der Waals surface area contributed by atoms with Crippen LogP contribution in [-0.4, -0.2) is 30.6 Å². The number of nitriles is 1. The molecule has 0 atom stereocenters. The number of carbonyl (C=O) groups excluding carboxylic acids is 1. The van der Waals surface area contributed by atoms with E-state index >= 15 is 0 Å². The van der Waals surface area contributed by atoms with Gasteiger partial charge in [0.15, 0.2) is 0 Å². The molecule has 0 fully saturated rings. The first-order chi connectivity index (χ1) is 9.58. The lowest BCUT2D eigenvalue weighted by atomic mass is 10.2. The molecule has 1 rings (SSSR count). The summed E-state index contributed by atoms with van der Waals surface area (Å²) in [6, 6.07) is 5.65. The van der Waals surface area contributed by atoms with Crippen molar-refractivity contribution in [1.82, 2.24) is 4.98 Å². The zero-order valence-electron chi connectivity index (χ0n) is 12.3. The van der Waals surface area contributed by atoms with E-state index in [-0.39, 0.29) is 5.97 Å². The average Bonchev–Trinajstić information content (AvgIpc) is 2.43. The average molecular weight is 275 g/mol. The largest absolute Gasteiger partial charge is 0.462 e. The summed E-state index contributed by atoms with van der Waals surface area (Å²) >= 11 is 0. The van der Waals surface area contributed by atoms with Crippen LogP contribution in [0.15, 0.2) is 18.3 Å². The molecule has 0 bridgehead atoms. The highest BCUT2D eigenvalue weighted by Gasteiger charge is 2.12. The Bertz CT molecular complexity index is 463. The Morgan fingerprint density at radius 1 is 1.50 bits per heavy atom. The van der Waals surface area contributed by atoms with Gasteiger partial charge in [0.2, 0.25) is 0 Å². The van der Waals surface area contributed by atoms with Gasteiger partial charge in [-0.3, -0.25) is 0 Å². The summed E-state index contributed by atoms with van der Waals surface area (Å²) in [4.78, 5) is 17.9. The summed E-state index contributed by atoms with van der Waals surface area (Å²) in [5.74, 6) is 0.890. The van der Waals surface area contributed by atoms with Crippen LogP contribution in [0.4, 0.5) is 5.82 Å². The molecule has 5 heteroatoms. The number of ether oxygens (including phenoxy) is 1. The van der Waals surface area contributed by atoms with Gasteiger partial charge in [-0.25, -0.2) is 9.78 Å². The normalized spacial score (nSPS) is 10.2. The van der Waals surface area contributed by atoms with Crippen LogP contribution >= 0.6 is 0 Å². The Morgan fingerprint density at radius 2 is 2.25 bits per heavy atom. The molecular formula is C15H21N3O2. The first-order valence-electron chi connectivity index (χ1n) is 6.83. The van der Waals surface area contributed by atoms with Gasteiger partial charge in [-0.05, 0) is 25.0 Å². The second kappa shape index (κ2) is 8.16. The minimum absolute atomic E-state index is 0.349. The standard InChI is InChI=1S/C15H21N3O2/c1-4-20-15(19)13-6-7-14(17-10-13)18(9-5-8-16)11-12(2)3/h6-7,10,12H,4-5,9,11H2,1-3H3. The molecule has 0 unspecified atom stereocenters. The Labute approximate surface area is 120 Å². The number of nitrogens with zero attached hydrogens (tertiary/aromatic N) is 3. The van der Waals surface area contributed by atoms with Crippen LogP contribution in [0, 0.1) is 17.2 Å². The fourth-order valence-electron chi connectivity index (χ4n) is 1.83. The van der Waals surface area contributed by atoms with E-state index in [1.807, 2.05) is 0 Å². The minimum atomic E-state index is -0.362. The maximum absolute atomic E-state index is 11.6. The quantitative estimate of drug-likeness (QED) is 0.716. The van der Waals surface area contributed by atoms with Gasteiger partial charge >= 0.3 is 5.97 Å². The lowest BCUT2D eigenvalue weighted by Crippen LogP contribution is -2.29. The van der Waals surface area contributed by atoms with Gasteiger partial charge in [0, 0.05) is 19.3 Å². The summed E-state index contributed by atoms with van der Waals surface area (Å²) in [5, 5.41) is 8.71. The molecule has 0 aliphatic heterocycles. The molecule has 5 nitrogen and oxygen atoms in total. The molecule has 1 heterocycles. The molecule has 0 aliphatic rings. The van der Waals surface area contributed by atoms with Crippen molar-refractivity contribution in [3.63, 3.8) is 0 Å². The number of hydrogen-bond acceptors (Lipinski definition) is 5. The summed E-state index contributed by atoms with van der Waals surface area (Å²) in [7, 11) is 0. The van der Waals surface area contributed by atoms with E-state index in [2.05, 4.69) is 29.8 Å². The molecule has 0 radical (unpaired) electrons. The highest BCUT2D eigenvalue weighted by Crippen LogP contribution is 2.14. The van der Waals surface area contributed by atoms with Gasteiger partial charge in [-0.15, -0.1) is 0 Å². The van der Waals surface area contributed by atoms with Gasteiger partial charge < -0.3 is 9.64 Å². The highest BCUT2D eigenvalue weighted by atomic mass is 16.5. The molecule has 0 spiro atoms. The lowest BCUT2D eigenvalue weighted by Gasteiger charge is -2.24. The monoisotopic (exact) mass is 275 g/mol. The molecule has 20 heavy (non-hydrogen) atoms. The zero-order chi connectivity index (χ0) is 15.0. The van der Waals surface area contributed by atoms with E-state index < -0.39 is 0 Å². The summed E-state index contributed by atoms with van der Waals surface area (Å²) in [6.07, 6.45) is 1.97. The van der Waals surface area contributed by atoms with Gasteiger partial charge in [-0.2, -0.15) is 5.26 Å². The summed E-state index contributed by atoms with van der Waals surface area (Å²) < 4.78 is 4.92. The zero-order valence-corrected chi connectivity index (χ0v) is 12.3. The van der Waals surface area contributed by atoms with Crippen LogP contribution in [-0.2, 0) is 4.74 Å². The van der Waals surface area contributed by atoms with Crippen molar-refractivity contribution < 1.29 is 9.53 Å². The third-order valence-electron chi connectivity index (χ3n) is 2.66. The van der Waals surface area contributed by atoms with E-state index in [1.54, 1.807) is 19.1 Å². The van der Waals surface area contributed by atoms with Gasteiger partial charge in [0.1, 0.15) is 5.82 Å². The summed E-state index contributed by atoms with van der Waals surface area (Å²) in [6.45, 7) is 7.82. The third-order valence-corrected chi connectivity index (χ3v) is 2.66. The fraction of sp³-hybridized carbons (Fsp3) is 0.533. The van der Waals surface area contributed by atoms with E-state index in [0.29, 0.717) is 31.1 Å². The predicted octanol–water partition coefficient (Wildman–Crippen LogP) is 2.63. The number of anilines is 1. The van der Waals surface area contributed by atoms with Gasteiger partial charge in [0.05, 0.1) is 24.7 Å². The van der Waals surface area contributed by atoms with Crippen molar-refractivity contribution in [3.8, 4) is 6.07 Å². The summed E-state index contributed by atoms with van der Waals surface area (Å²) in [5.41, 5.74) is 0.445. The number of aromatic nitrogens is 1. The highest BCUT2D eigenvalue weighted by molar-refractivity contribution is 5.89. The molecule has 0 saturated heterocycles. The van der Waals surface area contributed by atoms with E-state index in [9.17, 15) is 4.79 Å². The SMILES string of the molecule is CCOC(=O)c1ccc(N(CCC#N)CC(C)C)nc1. The van der Waals surface area contributed by atoms with E-state index in [1.165, 1.54) is 6.20 Å². The first kappa shape index (κ1) is 16.0. The Kier molecular flexibility index (Phi) is 6.51. The van der Waals surface area contributed by atoms with Crippen LogP contribution in [0.3, 0.4) is 0 Å². The van der Waals surface area contributed by atoms with Gasteiger partial charge in [-0.1, -0.05) is 13.8 Å². The van der Waals surface area contributed by atoms with Crippen molar-refractivity contribution in [2.75, 3.05) is 24.6 Å². The lowest BCUT2D eigenvalue weighted by molar-refractivity contribution is 0.0526. The van der Waals surface area contributed by atoms with Crippen LogP contribution in [0.25, 0.3) is 0 Å². The van der Waals surface area contributed by atoms with Crippen LogP contribution < -0.4 is 4.90 Å². The maximum atomic E-state index is 11.6. The van der Waals surface area contributed by atoms with Crippen LogP contribution in [0.5, 0.6) is 0 Å². The molecule has 1 aromatic heterocycles. The smallest absolute Gasteiger partial charge is 0.339 e. The Balaban J connectivity index is 2.81. The maximum Gasteiger partial charge on any atom is 0.339 e. The van der Waals surface area contributed by atoms with E-state index in [4.69, 9.17) is 10.00 Å². The van der Waals surface area contributed by atoms with Crippen molar-refractivity contribution in [3.05, 3.63) is 23.9 Å². The number of esters is 1. The second-order valence-corrected chi connectivity index (χ2v) is 4.87.